The zero-order valence-corrected chi connectivity index (χ0v) is 18.4. The number of ether oxygens (including phenoxy) is 2. The summed E-state index contributed by atoms with van der Waals surface area (Å²) in [5.74, 6) is -0.0952. The second-order valence-corrected chi connectivity index (χ2v) is 7.73. The van der Waals surface area contributed by atoms with Crippen molar-refractivity contribution in [2.75, 3.05) is 20.8 Å². The van der Waals surface area contributed by atoms with Crippen LogP contribution in [0.15, 0.2) is 42.5 Å². The van der Waals surface area contributed by atoms with Crippen LogP contribution in [-0.4, -0.2) is 43.5 Å². The molecule has 2 unspecified atom stereocenters. The minimum absolute atomic E-state index is 0.390. The van der Waals surface area contributed by atoms with Crippen LogP contribution in [0, 0.1) is 0 Å². The molecule has 1 saturated heterocycles. The molecule has 1 aliphatic rings. The predicted molar refractivity (Wildman–Crippen MR) is 115 cm³/mol. The molecule has 0 spiro atoms. The van der Waals surface area contributed by atoms with Gasteiger partial charge >= 0.3 is 6.03 Å². The number of imide groups is 1. The Balaban J connectivity index is 1.75. The van der Waals surface area contributed by atoms with Crippen LogP contribution in [-0.2, 0) is 15.1 Å². The van der Waals surface area contributed by atoms with Crippen molar-refractivity contribution in [2.45, 2.75) is 25.4 Å². The molecule has 9 heteroatoms. The van der Waals surface area contributed by atoms with Crippen molar-refractivity contribution < 1.29 is 23.9 Å². The van der Waals surface area contributed by atoms with Gasteiger partial charge in [0.05, 0.1) is 20.3 Å². The number of halogens is 1. The summed E-state index contributed by atoms with van der Waals surface area (Å²) in [4.78, 5) is 39.1. The highest BCUT2D eigenvalue weighted by Gasteiger charge is 2.49. The number of hydrogen-bond acceptors (Lipinski definition) is 5. The molecule has 164 valence electrons. The lowest BCUT2D eigenvalue weighted by molar-refractivity contribution is -0.135. The van der Waals surface area contributed by atoms with Gasteiger partial charge in [-0.2, -0.15) is 0 Å². The molecular formula is C22H24ClN3O5. The molecule has 31 heavy (non-hydrogen) atoms. The highest BCUT2D eigenvalue weighted by molar-refractivity contribution is 6.31. The van der Waals surface area contributed by atoms with Gasteiger partial charge in [-0.3, -0.25) is 14.5 Å². The van der Waals surface area contributed by atoms with E-state index < -0.39 is 29.9 Å². The van der Waals surface area contributed by atoms with E-state index in [0.717, 1.165) is 10.5 Å². The monoisotopic (exact) mass is 445 g/mol. The smallest absolute Gasteiger partial charge is 0.325 e. The fourth-order valence-electron chi connectivity index (χ4n) is 3.52. The van der Waals surface area contributed by atoms with Gasteiger partial charge in [0.2, 0.25) is 5.91 Å². The van der Waals surface area contributed by atoms with E-state index in [0.29, 0.717) is 22.1 Å². The fraction of sp³-hybridized carbons (Fsp3) is 0.318. The SMILES string of the molecule is COc1ccc(C2(C)NC(=O)N(CC(=O)NC(C)c3ccccc3Cl)C2=O)cc1OC. The van der Waals surface area contributed by atoms with Gasteiger partial charge in [0.25, 0.3) is 5.91 Å². The molecule has 0 saturated carbocycles. The average molecular weight is 446 g/mol. The zero-order valence-electron chi connectivity index (χ0n) is 17.7. The van der Waals surface area contributed by atoms with Gasteiger partial charge in [-0.15, -0.1) is 0 Å². The first-order valence-corrected chi connectivity index (χ1v) is 9.99. The van der Waals surface area contributed by atoms with Gasteiger partial charge < -0.3 is 20.1 Å². The maximum Gasteiger partial charge on any atom is 0.325 e. The van der Waals surface area contributed by atoms with E-state index in [1.54, 1.807) is 50.2 Å². The number of benzene rings is 2. The molecule has 0 aliphatic carbocycles. The van der Waals surface area contributed by atoms with Crippen LogP contribution in [0.4, 0.5) is 4.79 Å². The van der Waals surface area contributed by atoms with E-state index >= 15 is 0 Å². The second kappa shape index (κ2) is 8.85. The van der Waals surface area contributed by atoms with E-state index in [-0.39, 0.29) is 6.04 Å². The van der Waals surface area contributed by atoms with E-state index in [4.69, 9.17) is 21.1 Å². The van der Waals surface area contributed by atoms with Crippen molar-refractivity contribution in [3.8, 4) is 11.5 Å². The van der Waals surface area contributed by atoms with Crippen LogP contribution in [0.2, 0.25) is 5.02 Å². The molecule has 1 aliphatic heterocycles. The maximum atomic E-state index is 13.1. The molecule has 2 aromatic rings. The summed E-state index contributed by atoms with van der Waals surface area (Å²) in [7, 11) is 2.99. The van der Waals surface area contributed by atoms with Crippen LogP contribution in [0.25, 0.3) is 0 Å². The Bertz CT molecular complexity index is 1030. The van der Waals surface area contributed by atoms with Crippen molar-refractivity contribution in [1.29, 1.82) is 0 Å². The van der Waals surface area contributed by atoms with Crippen molar-refractivity contribution in [3.63, 3.8) is 0 Å². The van der Waals surface area contributed by atoms with Gasteiger partial charge in [0.15, 0.2) is 11.5 Å². The van der Waals surface area contributed by atoms with Gasteiger partial charge in [-0.1, -0.05) is 35.9 Å². The van der Waals surface area contributed by atoms with Gasteiger partial charge in [-0.25, -0.2) is 4.79 Å². The molecule has 2 aromatic carbocycles. The largest absolute Gasteiger partial charge is 0.493 e. The third-order valence-corrected chi connectivity index (χ3v) is 5.63. The highest BCUT2D eigenvalue weighted by atomic mass is 35.5. The Morgan fingerprint density at radius 3 is 2.48 bits per heavy atom. The molecule has 8 nitrogen and oxygen atoms in total. The molecule has 0 aromatic heterocycles. The van der Waals surface area contributed by atoms with Gasteiger partial charge in [0, 0.05) is 5.02 Å². The Morgan fingerprint density at radius 1 is 1.16 bits per heavy atom. The Labute approximate surface area is 185 Å². The predicted octanol–water partition coefficient (Wildman–Crippen LogP) is 3.00. The van der Waals surface area contributed by atoms with Crippen LogP contribution >= 0.6 is 11.6 Å². The minimum atomic E-state index is -1.34. The number of rotatable bonds is 7. The summed E-state index contributed by atoms with van der Waals surface area (Å²) in [6, 6.07) is 11.0. The second-order valence-electron chi connectivity index (χ2n) is 7.33. The molecule has 1 fully saturated rings. The summed E-state index contributed by atoms with van der Waals surface area (Å²) < 4.78 is 10.5. The third-order valence-electron chi connectivity index (χ3n) is 5.29. The van der Waals surface area contributed by atoms with Crippen molar-refractivity contribution in [3.05, 3.63) is 58.6 Å². The van der Waals surface area contributed by atoms with Crippen LogP contribution in [0.5, 0.6) is 11.5 Å². The summed E-state index contributed by atoms with van der Waals surface area (Å²) in [5.41, 5.74) is -0.0913. The van der Waals surface area contributed by atoms with E-state index in [9.17, 15) is 14.4 Å². The standard InChI is InChI=1S/C22H24ClN3O5/c1-13(15-7-5-6-8-16(15)23)24-19(27)12-26-20(28)22(2,25-21(26)29)14-9-10-17(30-3)18(11-14)31-4/h5-11,13H,12H2,1-4H3,(H,24,27)(H,25,29). The molecule has 4 amide bonds. The van der Waals surface area contributed by atoms with Crippen LogP contribution in [0.1, 0.15) is 31.0 Å². The normalized spacial score (nSPS) is 19.1. The number of nitrogens with one attached hydrogen (secondary N) is 2. The number of nitrogens with zero attached hydrogens (tertiary/aromatic N) is 1. The number of urea groups is 1. The minimum Gasteiger partial charge on any atom is -0.493 e. The lowest BCUT2D eigenvalue weighted by Gasteiger charge is -2.23. The summed E-state index contributed by atoms with van der Waals surface area (Å²) in [6.45, 7) is 2.94. The molecule has 2 atom stereocenters. The number of amides is 4. The number of hydrogen-bond donors (Lipinski definition) is 2. The van der Waals surface area contributed by atoms with Crippen molar-refractivity contribution in [2.24, 2.45) is 0 Å². The van der Waals surface area contributed by atoms with Crippen molar-refractivity contribution >= 4 is 29.4 Å². The van der Waals surface area contributed by atoms with E-state index in [1.165, 1.54) is 14.2 Å². The molecular weight excluding hydrogens is 422 g/mol. The Morgan fingerprint density at radius 2 is 1.84 bits per heavy atom. The van der Waals surface area contributed by atoms with Crippen LogP contribution < -0.4 is 20.1 Å². The number of carbonyl (C=O) groups is 3. The van der Waals surface area contributed by atoms with Gasteiger partial charge in [-0.05, 0) is 43.2 Å². The number of carbonyl (C=O) groups excluding carboxylic acids is 3. The first-order valence-electron chi connectivity index (χ1n) is 9.61. The van der Waals surface area contributed by atoms with E-state index in [2.05, 4.69) is 10.6 Å². The zero-order chi connectivity index (χ0) is 22.8. The maximum absolute atomic E-state index is 13.1. The van der Waals surface area contributed by atoms with Crippen LogP contribution in [0.3, 0.4) is 0 Å². The number of methoxy groups -OCH3 is 2. The molecule has 0 radical (unpaired) electrons. The molecule has 1 heterocycles. The summed E-state index contributed by atoms with van der Waals surface area (Å²) in [6.07, 6.45) is 0. The Kier molecular flexibility index (Phi) is 6.40. The molecule has 0 bridgehead atoms. The van der Waals surface area contributed by atoms with E-state index in [1.807, 2.05) is 6.07 Å². The topological polar surface area (TPSA) is 97.0 Å². The lowest BCUT2D eigenvalue weighted by atomic mass is 9.91. The lowest BCUT2D eigenvalue weighted by Crippen LogP contribution is -2.43. The first-order chi connectivity index (χ1) is 14.7. The van der Waals surface area contributed by atoms with Crippen molar-refractivity contribution in [1.82, 2.24) is 15.5 Å². The van der Waals surface area contributed by atoms with Gasteiger partial charge in [0.1, 0.15) is 12.1 Å². The average Bonchev–Trinajstić information content (AvgIpc) is 2.97. The highest BCUT2D eigenvalue weighted by Crippen LogP contribution is 2.35. The molecule has 3 rings (SSSR count). The Hall–Kier alpha value is -3.26. The fourth-order valence-corrected chi connectivity index (χ4v) is 3.82. The third kappa shape index (κ3) is 4.29. The quantitative estimate of drug-likeness (QED) is 0.638. The summed E-state index contributed by atoms with van der Waals surface area (Å²) >= 11 is 6.17. The first kappa shape index (κ1) is 22.4. The summed E-state index contributed by atoms with van der Waals surface area (Å²) in [5, 5.41) is 5.97. The molecule has 2 N–H and O–H groups in total.